The zero-order valence-electron chi connectivity index (χ0n) is 14.7. The lowest BCUT2D eigenvalue weighted by Crippen LogP contribution is -2.25. The molecular weight excluding hydrogens is 347 g/mol. The predicted molar refractivity (Wildman–Crippen MR) is 101 cm³/mol. The highest BCUT2D eigenvalue weighted by Crippen LogP contribution is 2.29. The highest BCUT2D eigenvalue weighted by Gasteiger charge is 2.18. The van der Waals surface area contributed by atoms with Crippen LogP contribution in [0.5, 0.6) is 0 Å². The van der Waals surface area contributed by atoms with Gasteiger partial charge in [-0.25, -0.2) is 14.2 Å². The summed E-state index contributed by atoms with van der Waals surface area (Å²) in [7, 11) is 0. The van der Waals surface area contributed by atoms with E-state index in [9.17, 15) is 9.18 Å². The zero-order chi connectivity index (χ0) is 18.4. The number of H-pyrrole nitrogens is 2. The fraction of sp³-hybridized carbons (Fsp3) is 0.300. The molecule has 1 saturated heterocycles. The van der Waals surface area contributed by atoms with Crippen molar-refractivity contribution in [3.8, 4) is 11.1 Å². The Balaban J connectivity index is 1.60. The highest BCUT2D eigenvalue weighted by atomic mass is 19.1. The van der Waals surface area contributed by atoms with Gasteiger partial charge >= 0.3 is 5.69 Å². The lowest BCUT2D eigenvalue weighted by Gasteiger charge is -2.22. The van der Waals surface area contributed by atoms with E-state index in [2.05, 4.69) is 15.0 Å². The summed E-state index contributed by atoms with van der Waals surface area (Å²) in [5.74, 6) is 0.0759. The maximum atomic E-state index is 14.6. The molecule has 5 rings (SSSR count). The first-order chi connectivity index (χ1) is 13.2. The third-order valence-corrected chi connectivity index (χ3v) is 5.36. The first kappa shape index (κ1) is 16.3. The number of nitrogens with one attached hydrogen (secondary N) is 2. The maximum Gasteiger partial charge on any atom is 0.327 e. The Morgan fingerprint density at radius 2 is 2.11 bits per heavy atom. The lowest BCUT2D eigenvalue weighted by molar-refractivity contribution is 0.0613. The van der Waals surface area contributed by atoms with Gasteiger partial charge in [0, 0.05) is 54.2 Å². The second-order valence-electron chi connectivity index (χ2n) is 7.09. The number of fused-ring (bicyclic) bond motifs is 2. The Hall–Kier alpha value is -2.93. The Morgan fingerprint density at radius 3 is 2.96 bits per heavy atom. The van der Waals surface area contributed by atoms with Crippen molar-refractivity contribution in [3.63, 3.8) is 0 Å². The number of ether oxygens (including phenoxy) is 1. The van der Waals surface area contributed by atoms with Crippen LogP contribution in [0.1, 0.15) is 12.8 Å². The van der Waals surface area contributed by atoms with Crippen molar-refractivity contribution in [1.82, 2.24) is 19.5 Å². The highest BCUT2D eigenvalue weighted by molar-refractivity contribution is 5.87. The summed E-state index contributed by atoms with van der Waals surface area (Å²) in [4.78, 5) is 22.6. The van der Waals surface area contributed by atoms with Crippen LogP contribution in [0.15, 0.2) is 41.5 Å². The van der Waals surface area contributed by atoms with E-state index in [1.54, 1.807) is 23.0 Å². The molecule has 0 aliphatic carbocycles. The molecule has 0 unspecified atom stereocenters. The molecule has 3 aromatic heterocycles. The monoisotopic (exact) mass is 366 g/mol. The number of rotatable bonds is 3. The molecule has 1 fully saturated rings. The average Bonchev–Trinajstić information content (AvgIpc) is 3.25. The minimum Gasteiger partial charge on any atom is -0.381 e. The minimum atomic E-state index is -0.319. The molecule has 1 aliphatic rings. The second-order valence-corrected chi connectivity index (χ2v) is 7.09. The number of halogens is 1. The molecule has 0 amide bonds. The van der Waals surface area contributed by atoms with Crippen LogP contribution < -0.4 is 5.69 Å². The summed E-state index contributed by atoms with van der Waals surface area (Å²) < 4.78 is 21.7. The van der Waals surface area contributed by atoms with Gasteiger partial charge in [-0.1, -0.05) is 0 Å². The van der Waals surface area contributed by atoms with Crippen molar-refractivity contribution in [2.24, 2.45) is 5.92 Å². The molecule has 0 bridgehead atoms. The molecule has 1 aliphatic heterocycles. The van der Waals surface area contributed by atoms with E-state index in [0.717, 1.165) is 37.0 Å². The number of aromatic amines is 2. The first-order valence-corrected chi connectivity index (χ1v) is 9.12. The Morgan fingerprint density at radius 1 is 1.26 bits per heavy atom. The fourth-order valence-corrected chi connectivity index (χ4v) is 3.84. The molecule has 6 nitrogen and oxygen atoms in total. The van der Waals surface area contributed by atoms with Crippen LogP contribution in [-0.2, 0) is 11.3 Å². The molecule has 4 aromatic rings. The molecule has 7 heteroatoms. The molecule has 0 atom stereocenters. The van der Waals surface area contributed by atoms with E-state index in [0.29, 0.717) is 34.8 Å². The van der Waals surface area contributed by atoms with E-state index in [1.807, 2.05) is 12.1 Å². The van der Waals surface area contributed by atoms with Gasteiger partial charge in [0.25, 0.3) is 0 Å². The molecule has 0 spiro atoms. The Kier molecular flexibility index (Phi) is 3.82. The number of hydrogen-bond acceptors (Lipinski definition) is 3. The van der Waals surface area contributed by atoms with Crippen molar-refractivity contribution in [1.29, 1.82) is 0 Å². The van der Waals surface area contributed by atoms with Crippen LogP contribution in [0.3, 0.4) is 0 Å². The van der Waals surface area contributed by atoms with E-state index in [-0.39, 0.29) is 11.5 Å². The number of benzene rings is 1. The molecule has 0 radical (unpaired) electrons. The lowest BCUT2D eigenvalue weighted by atomic mass is 10.0. The fourth-order valence-electron chi connectivity index (χ4n) is 3.84. The van der Waals surface area contributed by atoms with E-state index in [1.165, 1.54) is 6.07 Å². The predicted octanol–water partition coefficient (Wildman–Crippen LogP) is 3.44. The molecule has 1 aromatic carbocycles. The summed E-state index contributed by atoms with van der Waals surface area (Å²) in [5, 5.41) is 0.931. The normalized spacial score (nSPS) is 15.7. The van der Waals surface area contributed by atoms with Gasteiger partial charge in [-0.05, 0) is 43.0 Å². The molecule has 27 heavy (non-hydrogen) atoms. The topological polar surface area (TPSA) is 75.7 Å². The third kappa shape index (κ3) is 2.84. The van der Waals surface area contributed by atoms with Gasteiger partial charge in [0.1, 0.15) is 5.82 Å². The van der Waals surface area contributed by atoms with Gasteiger partial charge in [0.15, 0.2) is 5.65 Å². The number of imidazole rings is 1. The maximum absolute atomic E-state index is 14.6. The van der Waals surface area contributed by atoms with E-state index in [4.69, 9.17) is 4.74 Å². The van der Waals surface area contributed by atoms with Gasteiger partial charge in [0.2, 0.25) is 0 Å². The summed E-state index contributed by atoms with van der Waals surface area (Å²) in [6.45, 7) is 2.08. The van der Waals surface area contributed by atoms with Crippen LogP contribution >= 0.6 is 0 Å². The van der Waals surface area contributed by atoms with Crippen LogP contribution in [0.2, 0.25) is 0 Å². The number of hydrogen-bond donors (Lipinski definition) is 2. The van der Waals surface area contributed by atoms with Crippen molar-refractivity contribution in [3.05, 3.63) is 53.0 Å². The average molecular weight is 366 g/mol. The van der Waals surface area contributed by atoms with Crippen molar-refractivity contribution in [2.75, 3.05) is 13.2 Å². The van der Waals surface area contributed by atoms with Gasteiger partial charge in [-0.15, -0.1) is 0 Å². The zero-order valence-corrected chi connectivity index (χ0v) is 14.7. The van der Waals surface area contributed by atoms with Gasteiger partial charge < -0.3 is 9.72 Å². The third-order valence-electron chi connectivity index (χ3n) is 5.36. The quantitative estimate of drug-likeness (QED) is 0.583. The van der Waals surface area contributed by atoms with Crippen LogP contribution in [0.4, 0.5) is 4.39 Å². The summed E-state index contributed by atoms with van der Waals surface area (Å²) in [6, 6.07) is 7.04. The number of pyridine rings is 1. The Bertz CT molecular complexity index is 1180. The summed E-state index contributed by atoms with van der Waals surface area (Å²) >= 11 is 0. The van der Waals surface area contributed by atoms with E-state index >= 15 is 0 Å². The number of nitrogens with zero attached hydrogens (tertiary/aromatic N) is 2. The smallest absolute Gasteiger partial charge is 0.327 e. The summed E-state index contributed by atoms with van der Waals surface area (Å²) in [6.07, 6.45) is 5.26. The van der Waals surface area contributed by atoms with Gasteiger partial charge in [0.05, 0.1) is 5.52 Å². The van der Waals surface area contributed by atoms with E-state index < -0.39 is 0 Å². The molecule has 138 valence electrons. The van der Waals surface area contributed by atoms with Crippen molar-refractivity contribution in [2.45, 2.75) is 19.4 Å². The standard InChI is InChI=1S/C20H19FN4O2/c21-16-9-17-13(1-4-22-17)7-15(16)14-8-18-19(23-10-14)24-20(26)25(18)11-12-2-5-27-6-3-12/h1,4,7-10,12,22H,2-3,5-6,11H2,(H,23,24,26). The van der Waals surface area contributed by atoms with Gasteiger partial charge in [-0.3, -0.25) is 9.55 Å². The van der Waals surface area contributed by atoms with Crippen LogP contribution in [-0.4, -0.2) is 32.7 Å². The minimum absolute atomic E-state index is 0.178. The molecule has 0 saturated carbocycles. The molecular formula is C20H19FN4O2. The Labute approximate surface area is 154 Å². The van der Waals surface area contributed by atoms with Crippen molar-refractivity contribution >= 4 is 22.1 Å². The largest absolute Gasteiger partial charge is 0.381 e. The van der Waals surface area contributed by atoms with Crippen molar-refractivity contribution < 1.29 is 9.13 Å². The molecule has 4 heterocycles. The van der Waals surface area contributed by atoms with Gasteiger partial charge in [-0.2, -0.15) is 0 Å². The molecule has 2 N–H and O–H groups in total. The van der Waals surface area contributed by atoms with Crippen LogP contribution in [0, 0.1) is 11.7 Å². The second kappa shape index (κ2) is 6.35. The van der Waals surface area contributed by atoms with Crippen LogP contribution in [0.25, 0.3) is 33.2 Å². The first-order valence-electron chi connectivity index (χ1n) is 9.12. The summed E-state index contributed by atoms with van der Waals surface area (Å²) in [5.41, 5.74) is 2.94. The SMILES string of the molecule is O=c1[nH]c2ncc(-c3cc4cc[nH]c4cc3F)cc2n1CC1CCOCC1. The number of aromatic nitrogens is 4.